The third-order valence-electron chi connectivity index (χ3n) is 3.55. The molecule has 0 aliphatic rings. The topological polar surface area (TPSA) is 113 Å². The highest BCUT2D eigenvalue weighted by Crippen LogP contribution is 2.20. The van der Waals surface area contributed by atoms with Crippen LogP contribution in [0.4, 0.5) is 4.39 Å². The smallest absolute Gasteiger partial charge is 0.271 e. The van der Waals surface area contributed by atoms with Crippen LogP contribution in [0.15, 0.2) is 30.6 Å². The molecule has 2 aromatic rings. The third-order valence-corrected chi connectivity index (χ3v) is 3.85. The molecule has 2 amide bonds. The summed E-state index contributed by atoms with van der Waals surface area (Å²) in [7, 11) is 0. The molecule has 150 valence electrons. The molecule has 0 fully saturated rings. The van der Waals surface area contributed by atoms with Gasteiger partial charge in [-0.05, 0) is 25.5 Å². The van der Waals surface area contributed by atoms with Crippen LogP contribution in [-0.4, -0.2) is 52.7 Å². The zero-order valence-electron chi connectivity index (χ0n) is 15.1. The summed E-state index contributed by atoms with van der Waals surface area (Å²) in [6.45, 7) is 1.59. The highest BCUT2D eigenvalue weighted by atomic mass is 35.5. The normalized spacial score (nSPS) is 11.6. The number of hydrogen-bond acceptors (Lipinski definition) is 6. The van der Waals surface area contributed by atoms with Crippen LogP contribution in [0.25, 0.3) is 0 Å². The van der Waals surface area contributed by atoms with Crippen LogP contribution in [0.3, 0.4) is 0 Å². The van der Waals surface area contributed by atoms with E-state index in [0.717, 1.165) is 6.07 Å². The average Bonchev–Trinajstić information content (AvgIpc) is 2.67. The molecule has 8 nitrogen and oxygen atoms in total. The van der Waals surface area contributed by atoms with Gasteiger partial charge in [0, 0.05) is 25.4 Å². The van der Waals surface area contributed by atoms with E-state index < -0.39 is 23.7 Å². The van der Waals surface area contributed by atoms with Crippen molar-refractivity contribution < 1.29 is 23.8 Å². The van der Waals surface area contributed by atoms with Crippen molar-refractivity contribution in [3.63, 3.8) is 0 Å². The van der Waals surface area contributed by atoms with E-state index in [1.807, 2.05) is 0 Å². The molecular formula is C18H20ClFN4O4. The van der Waals surface area contributed by atoms with E-state index in [1.165, 1.54) is 24.5 Å². The number of nitrogens with zero attached hydrogens (tertiary/aromatic N) is 2. The Bertz CT molecular complexity index is 837. The maximum atomic E-state index is 13.3. The van der Waals surface area contributed by atoms with Crippen LogP contribution in [0.1, 0.15) is 22.6 Å². The van der Waals surface area contributed by atoms with Gasteiger partial charge in [0.2, 0.25) is 0 Å². The van der Waals surface area contributed by atoms with Crippen molar-refractivity contribution in [3.05, 3.63) is 52.8 Å². The summed E-state index contributed by atoms with van der Waals surface area (Å²) >= 11 is 5.56. The Hall–Kier alpha value is -2.78. The highest BCUT2D eigenvalue weighted by Gasteiger charge is 2.11. The summed E-state index contributed by atoms with van der Waals surface area (Å²) in [5.74, 6) is -1.33. The van der Waals surface area contributed by atoms with E-state index >= 15 is 0 Å². The molecule has 28 heavy (non-hydrogen) atoms. The number of aryl methyl sites for hydroxylation is 1. The number of rotatable bonds is 9. The first kappa shape index (κ1) is 21.5. The van der Waals surface area contributed by atoms with Gasteiger partial charge in [-0.3, -0.25) is 14.6 Å². The Morgan fingerprint density at radius 3 is 2.82 bits per heavy atom. The molecule has 1 aromatic carbocycles. The van der Waals surface area contributed by atoms with E-state index in [1.54, 1.807) is 6.92 Å². The number of nitrogens with one attached hydrogen (secondary N) is 2. The van der Waals surface area contributed by atoms with Crippen molar-refractivity contribution in [2.45, 2.75) is 19.4 Å². The monoisotopic (exact) mass is 410 g/mol. The van der Waals surface area contributed by atoms with Gasteiger partial charge >= 0.3 is 0 Å². The number of benzene rings is 1. The SMILES string of the molecule is Cc1cncc(C(=O)NC[C@@H](O)CCNC(=O)COc2ccc(Cl)c(F)c2)n1. The molecule has 0 radical (unpaired) electrons. The van der Waals surface area contributed by atoms with Crippen LogP contribution in [0.2, 0.25) is 5.02 Å². The molecule has 10 heteroatoms. The van der Waals surface area contributed by atoms with Gasteiger partial charge in [-0.15, -0.1) is 0 Å². The molecule has 0 aliphatic carbocycles. The van der Waals surface area contributed by atoms with Crippen LogP contribution in [0, 0.1) is 12.7 Å². The fourth-order valence-electron chi connectivity index (χ4n) is 2.12. The maximum Gasteiger partial charge on any atom is 0.271 e. The minimum Gasteiger partial charge on any atom is -0.484 e. The van der Waals surface area contributed by atoms with E-state index in [9.17, 15) is 19.1 Å². The molecule has 0 saturated carbocycles. The van der Waals surface area contributed by atoms with Crippen LogP contribution in [-0.2, 0) is 4.79 Å². The number of aliphatic hydroxyl groups excluding tert-OH is 1. The number of carbonyl (C=O) groups excluding carboxylic acids is 2. The Labute approximate surface area is 166 Å². The summed E-state index contributed by atoms with van der Waals surface area (Å²) in [6, 6.07) is 3.86. The average molecular weight is 411 g/mol. The third kappa shape index (κ3) is 7.09. The quantitative estimate of drug-likeness (QED) is 0.573. The van der Waals surface area contributed by atoms with Gasteiger partial charge in [0.15, 0.2) is 6.61 Å². The number of amides is 2. The van der Waals surface area contributed by atoms with Crippen molar-refractivity contribution in [1.29, 1.82) is 0 Å². The first-order valence-electron chi connectivity index (χ1n) is 8.44. The lowest BCUT2D eigenvalue weighted by Gasteiger charge is -2.13. The second-order valence-electron chi connectivity index (χ2n) is 5.91. The number of ether oxygens (including phenoxy) is 1. The summed E-state index contributed by atoms with van der Waals surface area (Å²) in [4.78, 5) is 31.5. The van der Waals surface area contributed by atoms with Gasteiger partial charge in [0.1, 0.15) is 17.3 Å². The van der Waals surface area contributed by atoms with Crippen molar-refractivity contribution in [3.8, 4) is 5.75 Å². The fourth-order valence-corrected chi connectivity index (χ4v) is 2.24. The molecule has 0 bridgehead atoms. The first-order valence-corrected chi connectivity index (χ1v) is 8.82. The van der Waals surface area contributed by atoms with E-state index in [-0.39, 0.29) is 42.6 Å². The molecule has 2 rings (SSSR count). The lowest BCUT2D eigenvalue weighted by atomic mass is 10.2. The van der Waals surface area contributed by atoms with Crippen molar-refractivity contribution in [2.24, 2.45) is 0 Å². The van der Waals surface area contributed by atoms with Gasteiger partial charge < -0.3 is 20.5 Å². The van der Waals surface area contributed by atoms with E-state index in [4.69, 9.17) is 16.3 Å². The summed E-state index contributed by atoms with van der Waals surface area (Å²) < 4.78 is 18.4. The number of halogens is 2. The molecule has 1 atom stereocenters. The number of aliphatic hydroxyl groups is 1. The fraction of sp³-hybridized carbons (Fsp3) is 0.333. The van der Waals surface area contributed by atoms with Crippen molar-refractivity contribution in [1.82, 2.24) is 20.6 Å². The predicted octanol–water partition coefficient (Wildman–Crippen LogP) is 1.25. The minimum absolute atomic E-state index is 0.00484. The molecular weight excluding hydrogens is 391 g/mol. The summed E-state index contributed by atoms with van der Waals surface area (Å²) in [6.07, 6.45) is 2.23. The minimum atomic E-state index is -0.853. The number of carbonyl (C=O) groups is 2. The Kier molecular flexibility index (Phi) is 8.09. The zero-order chi connectivity index (χ0) is 20.5. The van der Waals surface area contributed by atoms with Crippen LogP contribution < -0.4 is 15.4 Å². The molecule has 3 N–H and O–H groups in total. The molecule has 0 spiro atoms. The number of aromatic nitrogens is 2. The molecule has 1 aromatic heterocycles. The first-order chi connectivity index (χ1) is 13.3. The largest absolute Gasteiger partial charge is 0.484 e. The molecule has 0 saturated heterocycles. The summed E-state index contributed by atoms with van der Waals surface area (Å²) in [5.41, 5.74) is 0.774. The Morgan fingerprint density at radius 2 is 2.11 bits per heavy atom. The molecule has 0 unspecified atom stereocenters. The summed E-state index contributed by atoms with van der Waals surface area (Å²) in [5, 5.41) is 15.0. The molecule has 0 aliphatic heterocycles. The maximum absolute atomic E-state index is 13.3. The van der Waals surface area contributed by atoms with Gasteiger partial charge in [-0.25, -0.2) is 9.37 Å². The molecule has 1 heterocycles. The van der Waals surface area contributed by atoms with Gasteiger partial charge in [0.05, 0.1) is 23.0 Å². The van der Waals surface area contributed by atoms with E-state index in [0.29, 0.717) is 5.69 Å². The van der Waals surface area contributed by atoms with Gasteiger partial charge in [-0.2, -0.15) is 0 Å². The number of hydrogen-bond donors (Lipinski definition) is 3. The highest BCUT2D eigenvalue weighted by molar-refractivity contribution is 6.30. The van der Waals surface area contributed by atoms with Crippen LogP contribution in [0.5, 0.6) is 5.75 Å². The van der Waals surface area contributed by atoms with Gasteiger partial charge in [0.25, 0.3) is 11.8 Å². The van der Waals surface area contributed by atoms with Crippen molar-refractivity contribution in [2.75, 3.05) is 19.7 Å². The van der Waals surface area contributed by atoms with Gasteiger partial charge in [-0.1, -0.05) is 11.6 Å². The second kappa shape index (κ2) is 10.5. The standard InChI is InChI=1S/C18H20ClFN4O4/c1-11-7-21-9-16(24-11)18(27)23-8-12(25)4-5-22-17(26)10-28-13-2-3-14(19)15(20)6-13/h2-3,6-7,9,12,25H,4-5,8,10H2,1H3,(H,22,26)(H,23,27)/t12-/m0/s1. The Morgan fingerprint density at radius 1 is 1.32 bits per heavy atom. The van der Waals surface area contributed by atoms with E-state index in [2.05, 4.69) is 20.6 Å². The zero-order valence-corrected chi connectivity index (χ0v) is 15.9. The van der Waals surface area contributed by atoms with Crippen LogP contribution >= 0.6 is 11.6 Å². The second-order valence-corrected chi connectivity index (χ2v) is 6.32. The predicted molar refractivity (Wildman–Crippen MR) is 99.6 cm³/mol. The lowest BCUT2D eigenvalue weighted by Crippen LogP contribution is -2.36. The Balaban J connectivity index is 1.63. The van der Waals surface area contributed by atoms with Crippen molar-refractivity contribution >= 4 is 23.4 Å². The lowest BCUT2D eigenvalue weighted by molar-refractivity contribution is -0.123.